The van der Waals surface area contributed by atoms with Crippen LogP contribution < -0.4 is 14.7 Å². The summed E-state index contributed by atoms with van der Waals surface area (Å²) < 4.78 is 30.5. The number of anilines is 4. The Labute approximate surface area is 194 Å². The lowest BCUT2D eigenvalue weighted by molar-refractivity contribution is 0.0580. The molecule has 1 aromatic heterocycles. The highest BCUT2D eigenvalue weighted by molar-refractivity contribution is 7.88. The number of carbonyl (C=O) groups is 1. The van der Waals surface area contributed by atoms with Gasteiger partial charge in [-0.1, -0.05) is 12.1 Å². The van der Waals surface area contributed by atoms with E-state index >= 15 is 0 Å². The Morgan fingerprint density at radius 2 is 1.55 bits per heavy atom. The van der Waals surface area contributed by atoms with Gasteiger partial charge < -0.3 is 14.5 Å². The Hall–Kier alpha value is -2.92. The van der Waals surface area contributed by atoms with Gasteiger partial charge in [0.1, 0.15) is 5.60 Å². The Bertz CT molecular complexity index is 1110. The number of amides is 1. The predicted octanol–water partition coefficient (Wildman–Crippen LogP) is 2.45. The summed E-state index contributed by atoms with van der Waals surface area (Å²) in [5.41, 5.74) is 1.87. The lowest BCUT2D eigenvalue weighted by Gasteiger charge is -2.37. The van der Waals surface area contributed by atoms with Crippen molar-refractivity contribution in [3.05, 3.63) is 36.7 Å². The van der Waals surface area contributed by atoms with Crippen LogP contribution >= 0.6 is 0 Å². The summed E-state index contributed by atoms with van der Waals surface area (Å²) in [6, 6.07) is 7.63. The van der Waals surface area contributed by atoms with Crippen LogP contribution in [-0.2, 0) is 14.8 Å². The quantitative estimate of drug-likeness (QED) is 0.669. The van der Waals surface area contributed by atoms with Crippen LogP contribution in [0.5, 0.6) is 0 Å². The summed E-state index contributed by atoms with van der Waals surface area (Å²) in [5, 5.41) is 0. The average Bonchev–Trinajstić information content (AvgIpc) is 2.77. The maximum absolute atomic E-state index is 12.7. The van der Waals surface area contributed by atoms with Crippen molar-refractivity contribution in [2.24, 2.45) is 0 Å². The van der Waals surface area contributed by atoms with Gasteiger partial charge in [0.15, 0.2) is 0 Å². The maximum atomic E-state index is 12.7. The van der Waals surface area contributed by atoms with Gasteiger partial charge in [-0.15, -0.1) is 0 Å². The zero-order chi connectivity index (χ0) is 23.8. The SMILES string of the molecule is CC(C)(C)OC(=O)N1CCN(c2ncc(N3CCN(S(C)(=O)=O)CC3)cn2)c2ccccc21. The number of rotatable bonds is 3. The Morgan fingerprint density at radius 1 is 0.939 bits per heavy atom. The number of benzene rings is 1. The first-order valence-corrected chi connectivity index (χ1v) is 12.8. The van der Waals surface area contributed by atoms with Crippen molar-refractivity contribution in [2.45, 2.75) is 26.4 Å². The van der Waals surface area contributed by atoms with Crippen LogP contribution in [0.3, 0.4) is 0 Å². The van der Waals surface area contributed by atoms with Gasteiger partial charge in [0.25, 0.3) is 0 Å². The number of hydrogen-bond acceptors (Lipinski definition) is 8. The lowest BCUT2D eigenvalue weighted by atomic mass is 10.1. The summed E-state index contributed by atoms with van der Waals surface area (Å²) >= 11 is 0. The molecule has 1 saturated heterocycles. The molecule has 178 valence electrons. The van der Waals surface area contributed by atoms with Crippen molar-refractivity contribution in [3.8, 4) is 0 Å². The summed E-state index contributed by atoms with van der Waals surface area (Å²) in [5.74, 6) is 0.546. The lowest BCUT2D eigenvalue weighted by Crippen LogP contribution is -2.48. The van der Waals surface area contributed by atoms with Crippen molar-refractivity contribution in [2.75, 3.05) is 60.2 Å². The van der Waals surface area contributed by atoms with Crippen LogP contribution in [0.2, 0.25) is 0 Å². The van der Waals surface area contributed by atoms with Crippen LogP contribution in [0.4, 0.5) is 27.8 Å². The molecule has 0 unspecified atom stereocenters. The third-order valence-electron chi connectivity index (χ3n) is 5.56. The normalized spacial score (nSPS) is 17.6. The largest absolute Gasteiger partial charge is 0.443 e. The van der Waals surface area contributed by atoms with Gasteiger partial charge in [-0.05, 0) is 32.9 Å². The highest BCUT2D eigenvalue weighted by Gasteiger charge is 2.31. The number of para-hydroxylation sites is 2. The fraction of sp³-hybridized carbons (Fsp3) is 0.500. The zero-order valence-corrected chi connectivity index (χ0v) is 20.2. The second-order valence-electron chi connectivity index (χ2n) is 9.16. The first-order chi connectivity index (χ1) is 15.5. The van der Waals surface area contributed by atoms with Crippen LogP contribution in [-0.4, -0.2) is 79.9 Å². The number of hydrogen-bond donors (Lipinski definition) is 0. The molecule has 0 bridgehead atoms. The van der Waals surface area contributed by atoms with E-state index in [1.165, 1.54) is 10.6 Å². The third-order valence-corrected chi connectivity index (χ3v) is 6.87. The number of fused-ring (bicyclic) bond motifs is 1. The molecule has 10 nitrogen and oxygen atoms in total. The average molecular weight is 475 g/mol. The van der Waals surface area contributed by atoms with Gasteiger partial charge >= 0.3 is 6.09 Å². The minimum absolute atomic E-state index is 0.376. The van der Waals surface area contributed by atoms with Gasteiger partial charge in [0.05, 0.1) is 35.7 Å². The minimum Gasteiger partial charge on any atom is -0.443 e. The second-order valence-corrected chi connectivity index (χ2v) is 11.1. The minimum atomic E-state index is -3.17. The molecule has 1 amide bonds. The monoisotopic (exact) mass is 474 g/mol. The van der Waals surface area contributed by atoms with Crippen molar-refractivity contribution < 1.29 is 17.9 Å². The molecular weight excluding hydrogens is 444 g/mol. The molecule has 0 atom stereocenters. The molecule has 11 heteroatoms. The zero-order valence-electron chi connectivity index (χ0n) is 19.4. The van der Waals surface area contributed by atoms with Gasteiger partial charge in [-0.2, -0.15) is 4.31 Å². The van der Waals surface area contributed by atoms with Crippen molar-refractivity contribution in [1.82, 2.24) is 14.3 Å². The molecule has 2 aromatic rings. The van der Waals surface area contributed by atoms with E-state index in [0.717, 1.165) is 17.1 Å². The summed E-state index contributed by atoms with van der Waals surface area (Å²) in [4.78, 5) is 27.6. The van der Waals surface area contributed by atoms with Crippen molar-refractivity contribution in [3.63, 3.8) is 0 Å². The first-order valence-electron chi connectivity index (χ1n) is 10.9. The van der Waals surface area contributed by atoms with E-state index in [9.17, 15) is 13.2 Å². The highest BCUT2D eigenvalue weighted by Crippen LogP contribution is 2.37. The number of piperazine rings is 1. The Kier molecular flexibility index (Phi) is 6.19. The van der Waals surface area contributed by atoms with Crippen LogP contribution in [0.25, 0.3) is 0 Å². The standard InChI is InChI=1S/C22H30N6O4S/c1-22(2,3)32-21(29)28-14-13-27(18-7-5-6-8-19(18)28)20-23-15-17(16-24-20)25-9-11-26(12-10-25)33(4,30)31/h5-8,15-16H,9-14H2,1-4H3. The third kappa shape index (κ3) is 5.19. The second kappa shape index (κ2) is 8.79. The molecule has 1 fully saturated rings. The number of nitrogens with zero attached hydrogens (tertiary/aromatic N) is 6. The van der Waals surface area contributed by atoms with Gasteiger partial charge in [-0.3, -0.25) is 4.90 Å². The molecule has 0 N–H and O–H groups in total. The number of aromatic nitrogens is 2. The van der Waals surface area contributed by atoms with Crippen molar-refractivity contribution >= 4 is 39.1 Å². The van der Waals surface area contributed by atoms with Gasteiger partial charge in [0, 0.05) is 39.3 Å². The molecule has 0 spiro atoms. The van der Waals surface area contributed by atoms with Crippen LogP contribution in [0.1, 0.15) is 20.8 Å². The van der Waals surface area contributed by atoms with Gasteiger partial charge in [0.2, 0.25) is 16.0 Å². The van der Waals surface area contributed by atoms with Gasteiger partial charge in [-0.25, -0.2) is 23.2 Å². The topological polar surface area (TPSA) is 99.2 Å². The summed E-state index contributed by atoms with van der Waals surface area (Å²) in [6.07, 6.45) is 4.39. The molecular formula is C22H30N6O4S. The van der Waals surface area contributed by atoms with E-state index in [1.54, 1.807) is 17.3 Å². The first kappa shape index (κ1) is 23.2. The van der Waals surface area contributed by atoms with Crippen molar-refractivity contribution in [1.29, 1.82) is 0 Å². The van der Waals surface area contributed by atoms with E-state index in [1.807, 2.05) is 49.9 Å². The predicted molar refractivity (Wildman–Crippen MR) is 128 cm³/mol. The maximum Gasteiger partial charge on any atom is 0.414 e. The van der Waals surface area contributed by atoms with E-state index in [0.29, 0.717) is 45.2 Å². The number of ether oxygens (including phenoxy) is 1. The van der Waals surface area contributed by atoms with E-state index in [4.69, 9.17) is 4.74 Å². The molecule has 3 heterocycles. The summed E-state index contributed by atoms with van der Waals surface area (Å²) in [7, 11) is -3.17. The molecule has 33 heavy (non-hydrogen) atoms. The van der Waals surface area contributed by atoms with E-state index in [2.05, 4.69) is 14.9 Å². The smallest absolute Gasteiger partial charge is 0.414 e. The number of carbonyl (C=O) groups excluding carboxylic acids is 1. The van der Waals surface area contributed by atoms with E-state index < -0.39 is 15.6 Å². The fourth-order valence-electron chi connectivity index (χ4n) is 3.97. The van der Waals surface area contributed by atoms with E-state index in [-0.39, 0.29) is 6.09 Å². The Morgan fingerprint density at radius 3 is 2.12 bits per heavy atom. The van der Waals surface area contributed by atoms with Crippen LogP contribution in [0.15, 0.2) is 36.7 Å². The molecule has 0 saturated carbocycles. The molecule has 0 radical (unpaired) electrons. The molecule has 1 aromatic carbocycles. The number of sulfonamides is 1. The molecule has 2 aliphatic rings. The summed E-state index contributed by atoms with van der Waals surface area (Å²) in [6.45, 7) is 8.60. The molecule has 4 rings (SSSR count). The molecule has 0 aliphatic carbocycles. The Balaban J connectivity index is 1.50. The van der Waals surface area contributed by atoms with Crippen LogP contribution in [0, 0.1) is 0 Å². The molecule has 2 aliphatic heterocycles. The fourth-order valence-corrected chi connectivity index (χ4v) is 4.80. The highest BCUT2D eigenvalue weighted by atomic mass is 32.2.